The summed E-state index contributed by atoms with van der Waals surface area (Å²) in [4.78, 5) is 0. The van der Waals surface area contributed by atoms with E-state index in [4.69, 9.17) is 4.74 Å². The standard InChI is InChI=1S/C17H18F2O2/c1-21-16-8-3-12(4-9-16)2-7-15(20)10-13-5-6-14(18)11-17(13)19/h3-6,8-9,11,15,20H,2,7,10H2,1H3. The van der Waals surface area contributed by atoms with Gasteiger partial charge in [0.2, 0.25) is 0 Å². The molecule has 1 unspecified atom stereocenters. The van der Waals surface area contributed by atoms with E-state index in [9.17, 15) is 13.9 Å². The summed E-state index contributed by atoms with van der Waals surface area (Å²) in [5.74, 6) is -0.435. The van der Waals surface area contributed by atoms with E-state index < -0.39 is 17.7 Å². The van der Waals surface area contributed by atoms with Gasteiger partial charge in [-0.2, -0.15) is 0 Å². The fourth-order valence-corrected chi connectivity index (χ4v) is 2.17. The number of ether oxygens (including phenoxy) is 1. The van der Waals surface area contributed by atoms with Crippen molar-refractivity contribution in [2.24, 2.45) is 0 Å². The third kappa shape index (κ3) is 4.53. The van der Waals surface area contributed by atoms with Gasteiger partial charge in [-0.05, 0) is 42.2 Å². The van der Waals surface area contributed by atoms with Crippen molar-refractivity contribution in [2.75, 3.05) is 7.11 Å². The number of methoxy groups -OCH3 is 1. The molecular weight excluding hydrogens is 274 g/mol. The molecule has 2 rings (SSSR count). The Morgan fingerprint density at radius 1 is 1.10 bits per heavy atom. The van der Waals surface area contributed by atoms with Gasteiger partial charge in [-0.15, -0.1) is 0 Å². The highest BCUT2D eigenvalue weighted by Crippen LogP contribution is 2.16. The quantitative estimate of drug-likeness (QED) is 0.883. The van der Waals surface area contributed by atoms with Crippen LogP contribution in [0.2, 0.25) is 0 Å². The molecule has 2 aromatic rings. The lowest BCUT2D eigenvalue weighted by Gasteiger charge is -2.11. The first-order chi connectivity index (χ1) is 10.1. The maximum Gasteiger partial charge on any atom is 0.129 e. The summed E-state index contributed by atoms with van der Waals surface area (Å²) in [5.41, 5.74) is 1.41. The number of rotatable bonds is 6. The van der Waals surface area contributed by atoms with Crippen molar-refractivity contribution < 1.29 is 18.6 Å². The fraction of sp³-hybridized carbons (Fsp3) is 0.294. The molecule has 0 saturated heterocycles. The lowest BCUT2D eigenvalue weighted by atomic mass is 10.0. The summed E-state index contributed by atoms with van der Waals surface area (Å²) < 4.78 is 31.4. The first kappa shape index (κ1) is 15.4. The van der Waals surface area contributed by atoms with Gasteiger partial charge < -0.3 is 9.84 Å². The first-order valence-electron chi connectivity index (χ1n) is 6.83. The number of hydrogen-bond donors (Lipinski definition) is 1. The van der Waals surface area contributed by atoms with Crippen LogP contribution in [0, 0.1) is 11.6 Å². The van der Waals surface area contributed by atoms with Crippen LogP contribution in [0.15, 0.2) is 42.5 Å². The maximum absolute atomic E-state index is 13.5. The molecular formula is C17H18F2O2. The van der Waals surface area contributed by atoms with Crippen LogP contribution in [0.4, 0.5) is 8.78 Å². The summed E-state index contributed by atoms with van der Waals surface area (Å²) in [6.07, 6.45) is 0.728. The Balaban J connectivity index is 1.87. The van der Waals surface area contributed by atoms with Crippen LogP contribution in [0.25, 0.3) is 0 Å². The summed E-state index contributed by atoms with van der Waals surface area (Å²) in [6.45, 7) is 0. The van der Waals surface area contributed by atoms with Crippen LogP contribution in [-0.2, 0) is 12.8 Å². The molecule has 0 aliphatic carbocycles. The van der Waals surface area contributed by atoms with Gasteiger partial charge in [0.15, 0.2) is 0 Å². The van der Waals surface area contributed by atoms with E-state index in [1.165, 1.54) is 12.1 Å². The van der Waals surface area contributed by atoms with Gasteiger partial charge >= 0.3 is 0 Å². The molecule has 0 bridgehead atoms. The zero-order chi connectivity index (χ0) is 15.2. The molecule has 21 heavy (non-hydrogen) atoms. The molecule has 1 atom stereocenters. The molecule has 4 heteroatoms. The van der Waals surface area contributed by atoms with E-state index >= 15 is 0 Å². The Bertz CT molecular complexity index is 582. The average Bonchev–Trinajstić information content (AvgIpc) is 2.48. The topological polar surface area (TPSA) is 29.5 Å². The third-order valence-electron chi connectivity index (χ3n) is 3.40. The predicted octanol–water partition coefficient (Wildman–Crippen LogP) is 3.51. The summed E-state index contributed by atoms with van der Waals surface area (Å²) >= 11 is 0. The van der Waals surface area contributed by atoms with Gasteiger partial charge in [-0.25, -0.2) is 8.78 Å². The van der Waals surface area contributed by atoms with Crippen molar-refractivity contribution in [3.63, 3.8) is 0 Å². The lowest BCUT2D eigenvalue weighted by molar-refractivity contribution is 0.164. The van der Waals surface area contributed by atoms with Crippen molar-refractivity contribution in [2.45, 2.75) is 25.4 Å². The Kier molecular flexibility index (Phi) is 5.28. The van der Waals surface area contributed by atoms with Crippen LogP contribution in [0.3, 0.4) is 0 Å². The molecule has 0 saturated carbocycles. The maximum atomic E-state index is 13.5. The lowest BCUT2D eigenvalue weighted by Crippen LogP contribution is -2.12. The fourth-order valence-electron chi connectivity index (χ4n) is 2.17. The highest BCUT2D eigenvalue weighted by molar-refractivity contribution is 5.27. The number of aliphatic hydroxyl groups is 1. The molecule has 0 spiro atoms. The Morgan fingerprint density at radius 2 is 1.81 bits per heavy atom. The largest absolute Gasteiger partial charge is 0.497 e. The van der Waals surface area contributed by atoms with E-state index in [0.29, 0.717) is 18.4 Å². The molecule has 0 radical (unpaired) electrons. The van der Waals surface area contributed by atoms with Crippen LogP contribution in [0.5, 0.6) is 5.75 Å². The summed E-state index contributed by atoms with van der Waals surface area (Å²) in [6, 6.07) is 11.0. The highest BCUT2D eigenvalue weighted by atomic mass is 19.1. The monoisotopic (exact) mass is 292 g/mol. The van der Waals surface area contributed by atoms with Crippen LogP contribution in [0.1, 0.15) is 17.5 Å². The van der Waals surface area contributed by atoms with Gasteiger partial charge in [0.25, 0.3) is 0 Å². The molecule has 0 aromatic heterocycles. The van der Waals surface area contributed by atoms with Crippen molar-refractivity contribution in [1.29, 1.82) is 0 Å². The SMILES string of the molecule is COc1ccc(CCC(O)Cc2ccc(F)cc2F)cc1. The predicted molar refractivity (Wildman–Crippen MR) is 77.4 cm³/mol. The minimum absolute atomic E-state index is 0.183. The first-order valence-corrected chi connectivity index (χ1v) is 6.83. The third-order valence-corrected chi connectivity index (χ3v) is 3.40. The number of aliphatic hydroxyl groups excluding tert-OH is 1. The molecule has 0 amide bonds. The van der Waals surface area contributed by atoms with E-state index in [1.807, 2.05) is 24.3 Å². The van der Waals surface area contributed by atoms with Crippen molar-refractivity contribution in [1.82, 2.24) is 0 Å². The van der Waals surface area contributed by atoms with E-state index in [1.54, 1.807) is 7.11 Å². The second kappa shape index (κ2) is 7.18. The van der Waals surface area contributed by atoms with Crippen LogP contribution < -0.4 is 4.74 Å². The van der Waals surface area contributed by atoms with Crippen molar-refractivity contribution >= 4 is 0 Å². The molecule has 0 aliphatic rings. The number of halogens is 2. The molecule has 0 aliphatic heterocycles. The molecule has 1 N–H and O–H groups in total. The molecule has 2 aromatic carbocycles. The normalized spacial score (nSPS) is 12.2. The summed E-state index contributed by atoms with van der Waals surface area (Å²) in [5, 5.41) is 9.97. The Morgan fingerprint density at radius 3 is 2.43 bits per heavy atom. The summed E-state index contributed by atoms with van der Waals surface area (Å²) in [7, 11) is 1.61. The minimum Gasteiger partial charge on any atom is -0.497 e. The number of aryl methyl sites for hydroxylation is 1. The van der Waals surface area contributed by atoms with Gasteiger partial charge in [-0.3, -0.25) is 0 Å². The second-order valence-electron chi connectivity index (χ2n) is 4.98. The van der Waals surface area contributed by atoms with Crippen LogP contribution in [-0.4, -0.2) is 18.3 Å². The van der Waals surface area contributed by atoms with E-state index in [2.05, 4.69) is 0 Å². The van der Waals surface area contributed by atoms with Crippen molar-refractivity contribution in [3.8, 4) is 5.75 Å². The zero-order valence-corrected chi connectivity index (χ0v) is 11.9. The van der Waals surface area contributed by atoms with Gasteiger partial charge in [-0.1, -0.05) is 18.2 Å². The Hall–Kier alpha value is -1.94. The molecule has 112 valence electrons. The number of benzene rings is 2. The van der Waals surface area contributed by atoms with Gasteiger partial charge in [0.1, 0.15) is 17.4 Å². The van der Waals surface area contributed by atoms with Gasteiger partial charge in [0.05, 0.1) is 13.2 Å². The van der Waals surface area contributed by atoms with Crippen molar-refractivity contribution in [3.05, 3.63) is 65.2 Å². The molecule has 2 nitrogen and oxygen atoms in total. The van der Waals surface area contributed by atoms with E-state index in [0.717, 1.165) is 17.4 Å². The molecule has 0 fully saturated rings. The second-order valence-corrected chi connectivity index (χ2v) is 4.98. The minimum atomic E-state index is -0.660. The smallest absolute Gasteiger partial charge is 0.129 e. The zero-order valence-electron chi connectivity index (χ0n) is 11.9. The number of hydrogen-bond acceptors (Lipinski definition) is 2. The van der Waals surface area contributed by atoms with Gasteiger partial charge in [0, 0.05) is 12.5 Å². The van der Waals surface area contributed by atoms with Crippen LogP contribution >= 0.6 is 0 Å². The highest BCUT2D eigenvalue weighted by Gasteiger charge is 2.10. The Labute approximate surface area is 123 Å². The molecule has 0 heterocycles. The average molecular weight is 292 g/mol. The van der Waals surface area contributed by atoms with E-state index in [-0.39, 0.29) is 6.42 Å².